The number of ether oxygens (including phenoxy) is 2. The summed E-state index contributed by atoms with van der Waals surface area (Å²) >= 11 is 0. The van der Waals surface area contributed by atoms with Gasteiger partial charge in [0.25, 0.3) is 0 Å². The molecule has 0 radical (unpaired) electrons. The number of aromatic nitrogens is 3. The first-order valence-corrected chi connectivity index (χ1v) is 18.1. The third-order valence-electron chi connectivity index (χ3n) is 11.9. The van der Waals surface area contributed by atoms with Gasteiger partial charge in [0.05, 0.1) is 37.3 Å². The summed E-state index contributed by atoms with van der Waals surface area (Å²) in [5, 5.41) is 22.7. The number of likely N-dealkylation sites (tertiary alicyclic amines) is 1. The molecule has 2 saturated heterocycles. The van der Waals surface area contributed by atoms with Gasteiger partial charge in [0, 0.05) is 41.7 Å². The minimum absolute atomic E-state index is 0.0370. The number of phenols is 1. The van der Waals surface area contributed by atoms with E-state index in [1.807, 2.05) is 4.90 Å². The molecule has 4 atom stereocenters. The number of rotatable bonds is 7. The molecule has 2 saturated carbocycles. The van der Waals surface area contributed by atoms with Crippen molar-refractivity contribution < 1.29 is 28.5 Å². The number of nitrogens with zero attached hydrogens (tertiary/aromatic N) is 5. The van der Waals surface area contributed by atoms with E-state index in [4.69, 9.17) is 20.9 Å². The van der Waals surface area contributed by atoms with Crippen LogP contribution in [0.2, 0.25) is 0 Å². The highest BCUT2D eigenvalue weighted by Gasteiger charge is 2.52. The fraction of sp³-hybridized carbons (Fsp3) is 0.525. The largest absolute Gasteiger partial charge is 0.508 e. The van der Waals surface area contributed by atoms with Crippen LogP contribution in [-0.4, -0.2) is 87.7 Å². The molecule has 0 bridgehead atoms. The molecule has 2 aromatic carbocycles. The van der Waals surface area contributed by atoms with Crippen molar-refractivity contribution in [1.29, 1.82) is 0 Å². The lowest BCUT2D eigenvalue weighted by Gasteiger charge is -2.46. The van der Waals surface area contributed by atoms with Crippen LogP contribution in [0, 0.1) is 40.7 Å². The van der Waals surface area contributed by atoms with Crippen molar-refractivity contribution in [2.24, 2.45) is 16.7 Å². The van der Waals surface area contributed by atoms with Gasteiger partial charge in [0.15, 0.2) is 5.82 Å². The van der Waals surface area contributed by atoms with Crippen molar-refractivity contribution in [2.45, 2.75) is 70.9 Å². The molecule has 2 N–H and O–H groups in total. The summed E-state index contributed by atoms with van der Waals surface area (Å²) in [5.74, 6) is 1.91. The molecule has 11 heteroatoms. The maximum absolute atomic E-state index is 17.0. The molecule has 0 spiro atoms. The molecule has 2 aromatic heterocycles. The summed E-state index contributed by atoms with van der Waals surface area (Å²) in [4.78, 5) is 18.6. The summed E-state index contributed by atoms with van der Waals surface area (Å²) in [6.45, 7) is 10.1. The van der Waals surface area contributed by atoms with Gasteiger partial charge in [0.2, 0.25) is 0 Å². The zero-order valence-corrected chi connectivity index (χ0v) is 29.5. The number of anilines is 1. The molecule has 4 aliphatic rings. The van der Waals surface area contributed by atoms with E-state index in [2.05, 4.69) is 34.6 Å². The Hall–Kier alpha value is -4.11. The van der Waals surface area contributed by atoms with E-state index >= 15 is 4.39 Å². The normalized spacial score (nSPS) is 27.7. The SMILES string of the molecule is C#Cc1c(F)ccc2cc(O)cc(-c3ncc4c(N5CCOCC(C)(O)C5)nc(OCC56CCCC5N(CC5CC5(C)C)CCC6)nc4c3F)c12. The van der Waals surface area contributed by atoms with Gasteiger partial charge in [-0.05, 0) is 80.5 Å². The van der Waals surface area contributed by atoms with Crippen LogP contribution in [0.3, 0.4) is 0 Å². The lowest BCUT2D eigenvalue weighted by Crippen LogP contribution is -2.52. The standard InChI is InChI=1S/C40H45F2N5O4/c1-5-27-30(41)10-9-24-16-26(48)17-28(32(24)27)34-33(42)35-29(19-43-34)36(47-14-15-50-22-39(4,49)21-47)45-37(44-35)51-23-40-11-6-8-31(40)46(13-7-12-40)20-25-18-38(25,2)3/h1,9-10,16-17,19,25,31,48-49H,6-8,11-15,18,20-23H2,2-4H3. The molecule has 4 unspecified atom stereocenters. The smallest absolute Gasteiger partial charge is 0.319 e. The Labute approximate surface area is 297 Å². The molecular weight excluding hydrogens is 652 g/mol. The highest BCUT2D eigenvalue weighted by molar-refractivity contribution is 6.03. The van der Waals surface area contributed by atoms with Crippen LogP contribution >= 0.6 is 0 Å². The molecule has 4 heterocycles. The van der Waals surface area contributed by atoms with Crippen LogP contribution in [-0.2, 0) is 4.74 Å². The van der Waals surface area contributed by atoms with Crippen LogP contribution in [0.25, 0.3) is 32.9 Å². The van der Waals surface area contributed by atoms with Crippen molar-refractivity contribution in [3.05, 3.63) is 47.7 Å². The molecule has 2 aliphatic heterocycles. The molecule has 0 amide bonds. The number of fused-ring (bicyclic) bond motifs is 3. The highest BCUT2D eigenvalue weighted by Crippen LogP contribution is 2.54. The maximum Gasteiger partial charge on any atom is 0.319 e. The van der Waals surface area contributed by atoms with Crippen molar-refractivity contribution in [1.82, 2.24) is 19.9 Å². The van der Waals surface area contributed by atoms with Crippen LogP contribution in [0.5, 0.6) is 11.8 Å². The van der Waals surface area contributed by atoms with Gasteiger partial charge in [-0.2, -0.15) is 9.97 Å². The van der Waals surface area contributed by atoms with E-state index in [1.54, 1.807) is 6.92 Å². The van der Waals surface area contributed by atoms with Gasteiger partial charge in [0.1, 0.15) is 34.2 Å². The maximum atomic E-state index is 17.0. The Balaban J connectivity index is 1.22. The van der Waals surface area contributed by atoms with E-state index < -0.39 is 17.2 Å². The first-order valence-electron chi connectivity index (χ1n) is 18.1. The van der Waals surface area contributed by atoms with Crippen molar-refractivity contribution in [3.63, 3.8) is 0 Å². The summed E-state index contributed by atoms with van der Waals surface area (Å²) in [6.07, 6.45) is 13.9. The number of benzene rings is 2. The predicted molar refractivity (Wildman–Crippen MR) is 192 cm³/mol. The Kier molecular flexibility index (Phi) is 8.36. The second kappa shape index (κ2) is 12.5. The zero-order valence-electron chi connectivity index (χ0n) is 29.5. The van der Waals surface area contributed by atoms with Gasteiger partial charge in [-0.15, -0.1) is 6.42 Å². The number of aliphatic hydroxyl groups is 1. The van der Waals surface area contributed by atoms with Crippen LogP contribution in [0.15, 0.2) is 30.5 Å². The Morgan fingerprint density at radius 2 is 1.92 bits per heavy atom. The molecule has 51 heavy (non-hydrogen) atoms. The molecular formula is C40H45F2N5O4. The minimum Gasteiger partial charge on any atom is -0.508 e. The molecule has 8 rings (SSSR count). The van der Waals surface area contributed by atoms with Crippen LogP contribution in [0.4, 0.5) is 14.6 Å². The minimum atomic E-state index is -1.19. The first-order chi connectivity index (χ1) is 24.4. The number of hydrogen-bond donors (Lipinski definition) is 2. The molecule has 268 valence electrons. The summed E-state index contributed by atoms with van der Waals surface area (Å²) in [6, 6.07) is 5.94. The highest BCUT2D eigenvalue weighted by atomic mass is 19.1. The monoisotopic (exact) mass is 697 g/mol. The van der Waals surface area contributed by atoms with Gasteiger partial charge in [-0.3, -0.25) is 9.88 Å². The molecule has 2 aliphatic carbocycles. The second-order valence-corrected chi connectivity index (χ2v) is 16.2. The summed E-state index contributed by atoms with van der Waals surface area (Å²) in [5.41, 5.74) is -0.927. The van der Waals surface area contributed by atoms with Crippen molar-refractivity contribution in [2.75, 3.05) is 50.9 Å². The molecule has 4 aromatic rings. The predicted octanol–water partition coefficient (Wildman–Crippen LogP) is 6.46. The molecule has 4 fully saturated rings. The third kappa shape index (κ3) is 6.15. The van der Waals surface area contributed by atoms with E-state index in [-0.39, 0.29) is 58.1 Å². The topological polar surface area (TPSA) is 104 Å². The fourth-order valence-corrected chi connectivity index (χ4v) is 9.06. The quantitative estimate of drug-likeness (QED) is 0.211. The van der Waals surface area contributed by atoms with Gasteiger partial charge in [-0.1, -0.05) is 32.3 Å². The van der Waals surface area contributed by atoms with E-state index in [0.29, 0.717) is 47.8 Å². The molecule has 9 nitrogen and oxygen atoms in total. The number of phenolic OH excluding ortho intramolecular Hbond substituents is 1. The number of terminal acetylenes is 1. The Morgan fingerprint density at radius 3 is 2.71 bits per heavy atom. The van der Waals surface area contributed by atoms with Crippen LogP contribution < -0.4 is 9.64 Å². The Bertz CT molecular complexity index is 2060. The van der Waals surface area contributed by atoms with Crippen LogP contribution in [0.1, 0.15) is 64.9 Å². The lowest BCUT2D eigenvalue weighted by atomic mass is 9.75. The third-order valence-corrected chi connectivity index (χ3v) is 11.9. The second-order valence-electron chi connectivity index (χ2n) is 16.2. The Morgan fingerprint density at radius 1 is 1.12 bits per heavy atom. The van der Waals surface area contributed by atoms with Gasteiger partial charge in [-0.25, -0.2) is 8.78 Å². The summed E-state index contributed by atoms with van der Waals surface area (Å²) < 4.78 is 44.2. The van der Waals surface area contributed by atoms with Crippen molar-refractivity contribution in [3.8, 4) is 35.4 Å². The van der Waals surface area contributed by atoms with E-state index in [1.165, 1.54) is 36.9 Å². The zero-order chi connectivity index (χ0) is 35.7. The number of pyridine rings is 1. The first kappa shape index (κ1) is 34.0. The van der Waals surface area contributed by atoms with Crippen molar-refractivity contribution >= 4 is 27.5 Å². The number of hydrogen-bond acceptors (Lipinski definition) is 9. The van der Waals surface area contributed by atoms with Gasteiger partial charge >= 0.3 is 6.01 Å². The number of aromatic hydroxyl groups is 1. The number of halogens is 2. The van der Waals surface area contributed by atoms with E-state index in [0.717, 1.165) is 51.1 Å². The average Bonchev–Trinajstić information content (AvgIpc) is 3.53. The lowest BCUT2D eigenvalue weighted by molar-refractivity contribution is -0.0123. The van der Waals surface area contributed by atoms with E-state index in [9.17, 15) is 14.6 Å². The fourth-order valence-electron chi connectivity index (χ4n) is 9.06. The average molecular weight is 698 g/mol. The van der Waals surface area contributed by atoms with Gasteiger partial charge < -0.3 is 24.6 Å². The number of piperidine rings is 1. The number of β-amino-alcohol motifs (C(OH)–C–C–N with tert-alkyl or cyclic N) is 1. The summed E-state index contributed by atoms with van der Waals surface area (Å²) in [7, 11) is 0.